The molecule has 3 rings (SSSR count). The Morgan fingerprint density at radius 3 is 2.34 bits per heavy atom. The highest BCUT2D eigenvalue weighted by Crippen LogP contribution is 2.40. The summed E-state index contributed by atoms with van der Waals surface area (Å²) in [6.45, 7) is 4.92. The number of hydrogen-bond donors (Lipinski definition) is 2. The van der Waals surface area contributed by atoms with E-state index in [0.717, 1.165) is 41.7 Å². The van der Waals surface area contributed by atoms with Gasteiger partial charge in [0.25, 0.3) is 0 Å². The third kappa shape index (κ3) is 6.98. The predicted octanol–water partition coefficient (Wildman–Crippen LogP) is 6.58. The molecule has 0 unspecified atom stereocenters. The van der Waals surface area contributed by atoms with Gasteiger partial charge in [0.2, 0.25) is 0 Å². The summed E-state index contributed by atoms with van der Waals surface area (Å²) in [6.07, 6.45) is 3.68. The molecule has 5 nitrogen and oxygen atoms in total. The van der Waals surface area contributed by atoms with Crippen molar-refractivity contribution in [1.82, 2.24) is 0 Å². The van der Waals surface area contributed by atoms with Crippen molar-refractivity contribution in [3.8, 4) is 28.4 Å². The fourth-order valence-corrected chi connectivity index (χ4v) is 4.13. The molecule has 186 valence electrons. The Morgan fingerprint density at radius 2 is 1.66 bits per heavy atom. The highest BCUT2D eigenvalue weighted by Gasteiger charge is 2.16. The molecule has 2 N–H and O–H groups in total. The van der Waals surface area contributed by atoms with Gasteiger partial charge in [-0.05, 0) is 65.8 Å². The average Bonchev–Trinajstić information content (AvgIpc) is 2.84. The topological polar surface area (TPSA) is 76.0 Å². The Labute approximate surface area is 206 Å². The SMILES string of the molecule is CCCc1c(CCC(=O)O)cccc1OCCCOc1c(CC)ccc(O)c1-c1ccc(F)cc1. The van der Waals surface area contributed by atoms with E-state index < -0.39 is 5.97 Å². The summed E-state index contributed by atoms with van der Waals surface area (Å²) in [4.78, 5) is 11.0. The monoisotopic (exact) mass is 480 g/mol. The smallest absolute Gasteiger partial charge is 0.303 e. The molecular weight excluding hydrogens is 447 g/mol. The first-order valence-electron chi connectivity index (χ1n) is 12.1. The number of carboxylic acids is 1. The van der Waals surface area contributed by atoms with Crippen LogP contribution in [0, 0.1) is 5.82 Å². The van der Waals surface area contributed by atoms with Crippen LogP contribution in [-0.4, -0.2) is 29.4 Å². The molecule has 0 saturated heterocycles. The minimum absolute atomic E-state index is 0.0856. The summed E-state index contributed by atoms with van der Waals surface area (Å²) < 4.78 is 25.6. The Kier molecular flexibility index (Phi) is 9.53. The van der Waals surface area contributed by atoms with Gasteiger partial charge in [0.1, 0.15) is 23.1 Å². The number of halogens is 1. The van der Waals surface area contributed by atoms with Crippen LogP contribution in [0.1, 0.15) is 49.8 Å². The molecule has 0 heterocycles. The van der Waals surface area contributed by atoms with E-state index in [0.29, 0.717) is 42.9 Å². The zero-order valence-electron chi connectivity index (χ0n) is 20.4. The van der Waals surface area contributed by atoms with Gasteiger partial charge >= 0.3 is 5.97 Å². The number of carbonyl (C=O) groups is 1. The van der Waals surface area contributed by atoms with Crippen LogP contribution in [-0.2, 0) is 24.1 Å². The van der Waals surface area contributed by atoms with E-state index in [-0.39, 0.29) is 18.0 Å². The number of aryl methyl sites for hydroxylation is 2. The molecule has 0 saturated carbocycles. The number of rotatable bonds is 13. The molecule has 3 aromatic rings. The normalized spacial score (nSPS) is 10.8. The summed E-state index contributed by atoms with van der Waals surface area (Å²) in [7, 11) is 0. The van der Waals surface area contributed by atoms with Crippen LogP contribution in [0.2, 0.25) is 0 Å². The second-order valence-corrected chi connectivity index (χ2v) is 8.40. The summed E-state index contributed by atoms with van der Waals surface area (Å²) in [5.41, 5.74) is 4.28. The van der Waals surface area contributed by atoms with Crippen molar-refractivity contribution in [2.75, 3.05) is 13.2 Å². The number of phenols is 1. The zero-order chi connectivity index (χ0) is 25.2. The minimum atomic E-state index is -0.811. The van der Waals surface area contributed by atoms with Crippen LogP contribution in [0.25, 0.3) is 11.1 Å². The van der Waals surface area contributed by atoms with Crippen LogP contribution in [0.4, 0.5) is 4.39 Å². The summed E-state index contributed by atoms with van der Waals surface area (Å²) >= 11 is 0. The van der Waals surface area contributed by atoms with Crippen LogP contribution >= 0.6 is 0 Å². The van der Waals surface area contributed by atoms with Crippen molar-refractivity contribution >= 4 is 5.97 Å². The van der Waals surface area contributed by atoms with Gasteiger partial charge in [-0.3, -0.25) is 4.79 Å². The molecule has 35 heavy (non-hydrogen) atoms. The van der Waals surface area contributed by atoms with E-state index in [4.69, 9.17) is 14.6 Å². The summed E-state index contributed by atoms with van der Waals surface area (Å²) in [5, 5.41) is 19.6. The molecule has 0 aromatic heterocycles. The molecule has 0 spiro atoms. The van der Waals surface area contributed by atoms with Gasteiger partial charge in [-0.1, -0.05) is 50.6 Å². The molecule has 0 fully saturated rings. The molecule has 0 amide bonds. The van der Waals surface area contributed by atoms with Crippen LogP contribution in [0.15, 0.2) is 54.6 Å². The van der Waals surface area contributed by atoms with Crippen molar-refractivity contribution in [3.63, 3.8) is 0 Å². The van der Waals surface area contributed by atoms with E-state index >= 15 is 0 Å². The predicted molar refractivity (Wildman–Crippen MR) is 135 cm³/mol. The lowest BCUT2D eigenvalue weighted by Gasteiger charge is -2.18. The maximum atomic E-state index is 13.4. The highest BCUT2D eigenvalue weighted by atomic mass is 19.1. The Morgan fingerprint density at radius 1 is 0.914 bits per heavy atom. The Balaban J connectivity index is 1.68. The number of aliphatic carboxylic acids is 1. The van der Waals surface area contributed by atoms with Gasteiger partial charge in [-0.25, -0.2) is 4.39 Å². The van der Waals surface area contributed by atoms with Crippen LogP contribution in [0.5, 0.6) is 17.2 Å². The molecule has 6 heteroatoms. The number of aromatic hydroxyl groups is 1. The van der Waals surface area contributed by atoms with Gasteiger partial charge in [-0.2, -0.15) is 0 Å². The molecule has 0 bridgehead atoms. The zero-order valence-corrected chi connectivity index (χ0v) is 20.4. The minimum Gasteiger partial charge on any atom is -0.507 e. The second-order valence-electron chi connectivity index (χ2n) is 8.40. The van der Waals surface area contributed by atoms with Crippen molar-refractivity contribution in [1.29, 1.82) is 0 Å². The highest BCUT2D eigenvalue weighted by molar-refractivity contribution is 5.78. The van der Waals surface area contributed by atoms with E-state index in [9.17, 15) is 14.3 Å². The van der Waals surface area contributed by atoms with Gasteiger partial charge in [-0.15, -0.1) is 0 Å². The maximum Gasteiger partial charge on any atom is 0.303 e. The van der Waals surface area contributed by atoms with Gasteiger partial charge in [0.05, 0.1) is 18.8 Å². The Bertz CT molecular complexity index is 1120. The van der Waals surface area contributed by atoms with E-state index in [1.165, 1.54) is 12.1 Å². The van der Waals surface area contributed by atoms with Crippen LogP contribution < -0.4 is 9.47 Å². The average molecular weight is 481 g/mol. The van der Waals surface area contributed by atoms with Gasteiger partial charge < -0.3 is 19.7 Å². The quantitative estimate of drug-likeness (QED) is 0.270. The van der Waals surface area contributed by atoms with Crippen molar-refractivity contribution in [2.45, 2.75) is 52.4 Å². The second kappa shape index (κ2) is 12.8. The lowest BCUT2D eigenvalue weighted by molar-refractivity contribution is -0.136. The van der Waals surface area contributed by atoms with E-state index in [1.54, 1.807) is 18.2 Å². The standard InChI is InChI=1S/C29H33FO5/c1-3-7-24-21(13-17-27(32)33)8-5-9-26(24)34-18-6-19-35-29-20(4-2)12-16-25(31)28(29)22-10-14-23(30)15-11-22/h5,8-12,14-16,31H,3-4,6-7,13,17-19H2,1-2H3,(H,32,33). The molecule has 0 radical (unpaired) electrons. The summed E-state index contributed by atoms with van der Waals surface area (Å²) in [5.74, 6) is 0.320. The van der Waals surface area contributed by atoms with Crippen molar-refractivity contribution < 1.29 is 28.9 Å². The van der Waals surface area contributed by atoms with Crippen molar-refractivity contribution in [3.05, 3.63) is 77.1 Å². The number of carboxylic acid groups (broad SMARTS) is 1. The summed E-state index contributed by atoms with van der Waals surface area (Å²) in [6, 6.07) is 15.3. The van der Waals surface area contributed by atoms with Crippen molar-refractivity contribution in [2.24, 2.45) is 0 Å². The fraction of sp³-hybridized carbons (Fsp3) is 0.345. The molecular formula is C29H33FO5. The lowest BCUT2D eigenvalue weighted by Crippen LogP contribution is -2.09. The largest absolute Gasteiger partial charge is 0.507 e. The van der Waals surface area contributed by atoms with E-state index in [1.807, 2.05) is 31.2 Å². The first kappa shape index (κ1) is 26.1. The fourth-order valence-electron chi connectivity index (χ4n) is 4.13. The number of phenolic OH excluding ortho intramolecular Hbond substituents is 1. The third-order valence-electron chi connectivity index (χ3n) is 5.86. The Hall–Kier alpha value is -3.54. The lowest BCUT2D eigenvalue weighted by atomic mass is 9.98. The molecule has 0 aliphatic rings. The number of hydrogen-bond acceptors (Lipinski definition) is 4. The first-order chi connectivity index (χ1) is 16.9. The molecule has 0 aliphatic heterocycles. The first-order valence-corrected chi connectivity index (χ1v) is 12.1. The van der Waals surface area contributed by atoms with Gasteiger partial charge in [0, 0.05) is 12.8 Å². The molecule has 3 aromatic carbocycles. The van der Waals surface area contributed by atoms with E-state index in [2.05, 4.69) is 6.92 Å². The van der Waals surface area contributed by atoms with Gasteiger partial charge in [0.15, 0.2) is 0 Å². The third-order valence-corrected chi connectivity index (χ3v) is 5.86. The molecule has 0 atom stereocenters. The molecule has 0 aliphatic carbocycles. The number of benzene rings is 3. The number of ether oxygens (including phenoxy) is 2. The maximum absolute atomic E-state index is 13.4. The van der Waals surface area contributed by atoms with Crippen LogP contribution in [0.3, 0.4) is 0 Å².